The average molecular weight is 278 g/mol. The number of thiophene rings is 1. The number of amides is 1. The Morgan fingerprint density at radius 3 is 2.79 bits per heavy atom. The maximum Gasteiger partial charge on any atom is 0.261 e. The third kappa shape index (κ3) is 3.64. The van der Waals surface area contributed by atoms with E-state index in [-0.39, 0.29) is 11.9 Å². The van der Waals surface area contributed by atoms with E-state index in [0.717, 1.165) is 9.75 Å². The lowest BCUT2D eigenvalue weighted by Crippen LogP contribution is -2.41. The Labute approximate surface area is 116 Å². The van der Waals surface area contributed by atoms with Gasteiger partial charge in [-0.25, -0.2) is 4.98 Å². The van der Waals surface area contributed by atoms with Crippen LogP contribution in [0, 0.1) is 12.8 Å². The predicted molar refractivity (Wildman–Crippen MR) is 75.2 cm³/mol. The Bertz CT molecular complexity index is 533. The quantitative estimate of drug-likeness (QED) is 0.911. The summed E-state index contributed by atoms with van der Waals surface area (Å²) >= 11 is 1.51. The maximum atomic E-state index is 12.2. The molecule has 1 amide bonds. The Balaban J connectivity index is 2.02. The molecule has 0 unspecified atom stereocenters. The summed E-state index contributed by atoms with van der Waals surface area (Å²) in [5.41, 5.74) is 0. The molecule has 1 N–H and O–H groups in total. The second kappa shape index (κ2) is 5.97. The smallest absolute Gasteiger partial charge is 0.261 e. The number of carbonyl (C=O) groups excluding carboxylic acids is 1. The van der Waals surface area contributed by atoms with Crippen LogP contribution in [-0.2, 0) is 6.54 Å². The van der Waals surface area contributed by atoms with Crippen molar-refractivity contribution in [2.75, 3.05) is 0 Å². The zero-order valence-corrected chi connectivity index (χ0v) is 12.1. The fraction of sp³-hybridized carbons (Fsp3) is 0.462. The van der Waals surface area contributed by atoms with Crippen LogP contribution in [0.5, 0.6) is 0 Å². The minimum atomic E-state index is -0.0167. The first-order chi connectivity index (χ1) is 9.06. The summed E-state index contributed by atoms with van der Waals surface area (Å²) in [6.07, 6.45) is 3.17. The van der Waals surface area contributed by atoms with Crippen LogP contribution in [0.1, 0.15) is 28.4 Å². The van der Waals surface area contributed by atoms with Gasteiger partial charge in [-0.15, -0.1) is 11.3 Å². The Morgan fingerprint density at radius 2 is 2.26 bits per heavy atom. The summed E-state index contributed by atoms with van der Waals surface area (Å²) in [5.74, 6) is 0.311. The monoisotopic (exact) mass is 278 g/mol. The van der Waals surface area contributed by atoms with Crippen molar-refractivity contribution < 1.29 is 4.79 Å². The number of hydrogen-bond donors (Lipinski definition) is 1. The molecule has 0 aromatic carbocycles. The second-order valence-electron chi connectivity index (χ2n) is 4.85. The maximum absolute atomic E-state index is 12.2. The number of nitrogens with one attached hydrogen (secondary N) is 1. The minimum absolute atomic E-state index is 0.0167. The van der Waals surface area contributed by atoms with E-state index in [1.807, 2.05) is 19.1 Å². The van der Waals surface area contributed by atoms with Crippen LogP contribution in [0.25, 0.3) is 0 Å². The molecule has 0 fully saturated rings. The number of rotatable bonds is 5. The highest BCUT2D eigenvalue weighted by molar-refractivity contribution is 7.13. The highest BCUT2D eigenvalue weighted by Crippen LogP contribution is 2.15. The molecule has 0 saturated carbocycles. The number of nitrogens with zero attached hydrogens (tertiary/aromatic N) is 3. The topological polar surface area (TPSA) is 59.8 Å². The molecule has 102 valence electrons. The summed E-state index contributed by atoms with van der Waals surface area (Å²) < 4.78 is 1.74. The largest absolute Gasteiger partial charge is 0.346 e. The summed E-state index contributed by atoms with van der Waals surface area (Å²) in [6, 6.07) is 3.86. The normalized spacial score (nSPS) is 12.6. The van der Waals surface area contributed by atoms with Gasteiger partial charge in [0.05, 0.1) is 17.5 Å². The third-order valence-electron chi connectivity index (χ3n) is 2.94. The first kappa shape index (κ1) is 13.7. The highest BCUT2D eigenvalue weighted by atomic mass is 32.1. The molecule has 0 spiro atoms. The van der Waals surface area contributed by atoms with Crippen molar-refractivity contribution >= 4 is 17.2 Å². The van der Waals surface area contributed by atoms with Gasteiger partial charge in [0, 0.05) is 4.88 Å². The van der Waals surface area contributed by atoms with Gasteiger partial charge in [-0.2, -0.15) is 5.10 Å². The summed E-state index contributed by atoms with van der Waals surface area (Å²) in [4.78, 5) is 18.0. The van der Waals surface area contributed by atoms with Gasteiger partial charge < -0.3 is 5.32 Å². The predicted octanol–water partition coefficient (Wildman–Crippen LogP) is 2.10. The molecule has 19 heavy (non-hydrogen) atoms. The summed E-state index contributed by atoms with van der Waals surface area (Å²) in [5, 5.41) is 7.15. The van der Waals surface area contributed by atoms with Gasteiger partial charge in [-0.3, -0.25) is 9.48 Å². The lowest BCUT2D eigenvalue weighted by atomic mass is 10.0. The van der Waals surface area contributed by atoms with E-state index < -0.39 is 0 Å². The minimum Gasteiger partial charge on any atom is -0.346 e. The van der Waals surface area contributed by atoms with Crippen LogP contribution >= 0.6 is 11.3 Å². The zero-order valence-electron chi connectivity index (χ0n) is 11.3. The van der Waals surface area contributed by atoms with Gasteiger partial charge in [-0.05, 0) is 25.0 Å². The van der Waals surface area contributed by atoms with E-state index in [2.05, 4.69) is 29.2 Å². The fourth-order valence-corrected chi connectivity index (χ4v) is 2.52. The van der Waals surface area contributed by atoms with Crippen LogP contribution in [0.4, 0.5) is 0 Å². The van der Waals surface area contributed by atoms with Crippen LogP contribution in [0.15, 0.2) is 24.8 Å². The summed E-state index contributed by atoms with van der Waals surface area (Å²) in [6.45, 7) is 6.80. The van der Waals surface area contributed by atoms with Gasteiger partial charge >= 0.3 is 0 Å². The van der Waals surface area contributed by atoms with Crippen molar-refractivity contribution in [3.05, 3.63) is 34.5 Å². The van der Waals surface area contributed by atoms with Crippen molar-refractivity contribution in [2.45, 2.75) is 33.4 Å². The molecule has 0 aliphatic carbocycles. The van der Waals surface area contributed by atoms with E-state index in [4.69, 9.17) is 0 Å². The molecule has 2 aromatic rings. The molecule has 0 bridgehead atoms. The Kier molecular flexibility index (Phi) is 4.31. The fourth-order valence-electron chi connectivity index (χ4n) is 1.75. The van der Waals surface area contributed by atoms with Gasteiger partial charge in [-0.1, -0.05) is 13.8 Å². The lowest BCUT2D eigenvalue weighted by Gasteiger charge is -2.21. The molecule has 1 atom stereocenters. The standard InChI is InChI=1S/C13H18N4OS/c1-9(2)11(6-17-8-14-7-15-17)16-13(18)12-5-4-10(3)19-12/h4-5,7-9,11H,6H2,1-3H3,(H,16,18)/t11-/m1/s1. The van der Waals surface area contributed by atoms with Crippen molar-refractivity contribution in [1.29, 1.82) is 0 Å². The molecule has 2 heterocycles. The molecule has 0 radical (unpaired) electrons. The molecule has 2 rings (SSSR count). The van der Waals surface area contributed by atoms with E-state index in [0.29, 0.717) is 12.5 Å². The van der Waals surface area contributed by atoms with E-state index >= 15 is 0 Å². The number of carbonyl (C=O) groups is 1. The van der Waals surface area contributed by atoms with Crippen molar-refractivity contribution in [1.82, 2.24) is 20.1 Å². The van der Waals surface area contributed by atoms with E-state index in [1.165, 1.54) is 17.7 Å². The van der Waals surface area contributed by atoms with Gasteiger partial charge in [0.2, 0.25) is 0 Å². The van der Waals surface area contributed by atoms with Crippen LogP contribution in [0.3, 0.4) is 0 Å². The van der Waals surface area contributed by atoms with E-state index in [9.17, 15) is 4.79 Å². The first-order valence-corrected chi connectivity index (χ1v) is 7.07. The van der Waals surface area contributed by atoms with Crippen LogP contribution in [-0.4, -0.2) is 26.7 Å². The van der Waals surface area contributed by atoms with E-state index in [1.54, 1.807) is 11.0 Å². The molecule has 0 saturated heterocycles. The molecule has 0 aliphatic rings. The van der Waals surface area contributed by atoms with Crippen molar-refractivity contribution in [3.8, 4) is 0 Å². The third-order valence-corrected chi connectivity index (χ3v) is 3.94. The zero-order chi connectivity index (χ0) is 13.8. The molecule has 2 aromatic heterocycles. The summed E-state index contributed by atoms with van der Waals surface area (Å²) in [7, 11) is 0. The Morgan fingerprint density at radius 1 is 1.47 bits per heavy atom. The van der Waals surface area contributed by atoms with Crippen molar-refractivity contribution in [3.63, 3.8) is 0 Å². The lowest BCUT2D eigenvalue weighted by molar-refractivity contribution is 0.0923. The second-order valence-corrected chi connectivity index (χ2v) is 6.14. The SMILES string of the molecule is Cc1ccc(C(=O)N[C@H](Cn2cncn2)C(C)C)s1. The number of hydrogen-bond acceptors (Lipinski definition) is 4. The molecule has 6 heteroatoms. The molecule has 5 nitrogen and oxygen atoms in total. The van der Waals surface area contributed by atoms with Gasteiger partial charge in [0.25, 0.3) is 5.91 Å². The van der Waals surface area contributed by atoms with Gasteiger partial charge in [0.15, 0.2) is 0 Å². The van der Waals surface area contributed by atoms with Crippen LogP contribution in [0.2, 0.25) is 0 Å². The Hall–Kier alpha value is -1.69. The van der Waals surface area contributed by atoms with Gasteiger partial charge in [0.1, 0.15) is 12.7 Å². The average Bonchev–Trinajstić information content (AvgIpc) is 2.99. The van der Waals surface area contributed by atoms with Crippen LogP contribution < -0.4 is 5.32 Å². The molecule has 0 aliphatic heterocycles. The molecular weight excluding hydrogens is 260 g/mol. The highest BCUT2D eigenvalue weighted by Gasteiger charge is 2.18. The number of aryl methyl sites for hydroxylation is 1. The first-order valence-electron chi connectivity index (χ1n) is 6.26. The molecular formula is C13H18N4OS. The number of aromatic nitrogens is 3. The van der Waals surface area contributed by atoms with Crippen molar-refractivity contribution in [2.24, 2.45) is 5.92 Å².